The number of ether oxygens (including phenoxy) is 1. The smallest absolute Gasteiger partial charge is 0.323 e. The van der Waals surface area contributed by atoms with E-state index in [1.165, 1.54) is 0 Å². The Morgan fingerprint density at radius 3 is 2.59 bits per heavy atom. The molecule has 2 aromatic heterocycles. The first-order valence-corrected chi connectivity index (χ1v) is 9.49. The van der Waals surface area contributed by atoms with Crippen LogP contribution in [0.5, 0.6) is 5.75 Å². The monoisotopic (exact) mass is 393 g/mol. The summed E-state index contributed by atoms with van der Waals surface area (Å²) in [5.74, 6) is 0.931. The summed E-state index contributed by atoms with van der Waals surface area (Å²) in [5, 5.41) is 12.9. The number of pyridine rings is 1. The van der Waals surface area contributed by atoms with Gasteiger partial charge in [0, 0.05) is 31.0 Å². The van der Waals surface area contributed by atoms with Crippen molar-refractivity contribution in [3.05, 3.63) is 42.9 Å². The zero-order valence-corrected chi connectivity index (χ0v) is 16.4. The minimum atomic E-state index is -0.712. The second-order valence-corrected chi connectivity index (χ2v) is 7.42. The highest BCUT2D eigenvalue weighted by Gasteiger charge is 2.29. The minimum Gasteiger partial charge on any atom is -0.494 e. The topological polar surface area (TPSA) is 100 Å². The summed E-state index contributed by atoms with van der Waals surface area (Å²) in [4.78, 5) is 27.5. The number of aromatic nitrogens is 3. The fraction of sp³-hybridized carbons (Fsp3) is 0.333. The molecule has 1 saturated heterocycles. The summed E-state index contributed by atoms with van der Waals surface area (Å²) >= 11 is 0. The molecule has 1 aromatic carbocycles. The second-order valence-electron chi connectivity index (χ2n) is 7.42. The van der Waals surface area contributed by atoms with Gasteiger partial charge in [0.2, 0.25) is 0 Å². The van der Waals surface area contributed by atoms with Gasteiger partial charge in [-0.1, -0.05) is 0 Å². The van der Waals surface area contributed by atoms with Gasteiger partial charge in [0.25, 0.3) is 0 Å². The van der Waals surface area contributed by atoms with Crippen molar-refractivity contribution in [2.75, 3.05) is 25.5 Å². The van der Waals surface area contributed by atoms with E-state index in [1.54, 1.807) is 37.5 Å². The highest BCUT2D eigenvalue weighted by Crippen LogP contribution is 2.32. The third kappa shape index (κ3) is 3.97. The third-order valence-electron chi connectivity index (χ3n) is 5.24. The molecule has 3 aromatic rings. The van der Waals surface area contributed by atoms with Gasteiger partial charge in [0.05, 0.1) is 18.9 Å². The van der Waals surface area contributed by atoms with Crippen molar-refractivity contribution in [1.82, 2.24) is 19.9 Å². The number of aliphatic hydroxyl groups is 1. The van der Waals surface area contributed by atoms with E-state index < -0.39 is 5.60 Å². The van der Waals surface area contributed by atoms with Gasteiger partial charge in [-0.15, -0.1) is 0 Å². The molecule has 0 bridgehead atoms. The first-order chi connectivity index (χ1) is 14.0. The molecule has 2 amide bonds. The van der Waals surface area contributed by atoms with Crippen molar-refractivity contribution in [3.8, 4) is 16.9 Å². The molecule has 8 heteroatoms. The molecule has 1 aliphatic rings. The lowest BCUT2D eigenvalue weighted by molar-refractivity contribution is 0.00569. The molecule has 150 valence electrons. The number of anilines is 1. The average molecular weight is 393 g/mol. The van der Waals surface area contributed by atoms with E-state index in [0.29, 0.717) is 48.5 Å². The Bertz CT molecular complexity index is 1030. The van der Waals surface area contributed by atoms with Crippen LogP contribution in [0.4, 0.5) is 10.6 Å². The van der Waals surface area contributed by atoms with Crippen molar-refractivity contribution < 1.29 is 14.6 Å². The van der Waals surface area contributed by atoms with Crippen LogP contribution in [0.15, 0.2) is 42.9 Å². The molecule has 0 atom stereocenters. The van der Waals surface area contributed by atoms with Crippen LogP contribution in [0.2, 0.25) is 0 Å². The number of carbonyl (C=O) groups is 1. The Morgan fingerprint density at radius 1 is 1.17 bits per heavy atom. The molecule has 3 heterocycles. The maximum atomic E-state index is 12.6. The quantitative estimate of drug-likeness (QED) is 0.709. The van der Waals surface area contributed by atoms with E-state index in [9.17, 15) is 9.90 Å². The van der Waals surface area contributed by atoms with E-state index >= 15 is 0 Å². The second kappa shape index (κ2) is 7.63. The molecule has 1 fully saturated rings. The summed E-state index contributed by atoms with van der Waals surface area (Å²) in [5.41, 5.74) is 2.42. The van der Waals surface area contributed by atoms with Crippen LogP contribution in [0.3, 0.4) is 0 Å². The van der Waals surface area contributed by atoms with Crippen LogP contribution in [0.25, 0.3) is 22.2 Å². The summed E-state index contributed by atoms with van der Waals surface area (Å²) < 4.78 is 5.45. The number of hydrogen-bond acceptors (Lipinski definition) is 6. The molecule has 0 saturated carbocycles. The van der Waals surface area contributed by atoms with Crippen molar-refractivity contribution in [2.24, 2.45) is 0 Å². The Morgan fingerprint density at radius 2 is 1.90 bits per heavy atom. The summed E-state index contributed by atoms with van der Waals surface area (Å²) in [6.07, 6.45) is 6.09. The number of piperidine rings is 1. The van der Waals surface area contributed by atoms with E-state index in [-0.39, 0.29) is 6.03 Å². The van der Waals surface area contributed by atoms with E-state index in [2.05, 4.69) is 20.3 Å². The first kappa shape index (κ1) is 19.1. The molecule has 8 nitrogen and oxygen atoms in total. The van der Waals surface area contributed by atoms with E-state index in [1.807, 2.05) is 24.3 Å². The number of urea groups is 1. The number of benzene rings is 1. The fourth-order valence-corrected chi connectivity index (χ4v) is 3.44. The molecule has 0 aliphatic carbocycles. The van der Waals surface area contributed by atoms with Crippen LogP contribution in [-0.2, 0) is 0 Å². The molecular formula is C21H23N5O3. The number of amides is 2. The Labute approximate surface area is 168 Å². The van der Waals surface area contributed by atoms with Crippen molar-refractivity contribution >= 4 is 22.9 Å². The normalized spacial score (nSPS) is 15.9. The van der Waals surface area contributed by atoms with Gasteiger partial charge in [-0.2, -0.15) is 0 Å². The van der Waals surface area contributed by atoms with Crippen LogP contribution in [0.1, 0.15) is 19.8 Å². The van der Waals surface area contributed by atoms with Crippen LogP contribution in [0, 0.1) is 0 Å². The third-order valence-corrected chi connectivity index (χ3v) is 5.24. The zero-order chi connectivity index (χ0) is 20.4. The number of rotatable bonds is 3. The molecule has 2 N–H and O–H groups in total. The number of nitrogens with one attached hydrogen (secondary N) is 1. The zero-order valence-electron chi connectivity index (χ0n) is 16.4. The van der Waals surface area contributed by atoms with Crippen LogP contribution < -0.4 is 10.1 Å². The first-order valence-electron chi connectivity index (χ1n) is 9.49. The maximum Gasteiger partial charge on any atom is 0.323 e. The van der Waals surface area contributed by atoms with Crippen LogP contribution >= 0.6 is 0 Å². The lowest BCUT2D eigenvalue weighted by atomic mass is 9.94. The van der Waals surface area contributed by atoms with Gasteiger partial charge >= 0.3 is 6.03 Å². The molecule has 0 spiro atoms. The SMILES string of the molecule is COc1ccc(-c2ccncc2)c2ncc(NC(=O)N3CCC(C)(O)CC3)nc12. The number of nitrogens with zero attached hydrogens (tertiary/aromatic N) is 4. The van der Waals surface area contributed by atoms with E-state index in [0.717, 1.165) is 11.1 Å². The molecule has 1 aliphatic heterocycles. The summed E-state index contributed by atoms with van der Waals surface area (Å²) in [7, 11) is 1.58. The van der Waals surface area contributed by atoms with Gasteiger partial charge in [0.15, 0.2) is 5.82 Å². The Kier molecular flexibility index (Phi) is 5.02. The number of methoxy groups -OCH3 is 1. The molecule has 4 rings (SSSR count). The fourth-order valence-electron chi connectivity index (χ4n) is 3.44. The van der Waals surface area contributed by atoms with Crippen molar-refractivity contribution in [1.29, 1.82) is 0 Å². The number of likely N-dealkylation sites (tertiary alicyclic amines) is 1. The Hall–Kier alpha value is -3.26. The highest BCUT2D eigenvalue weighted by atomic mass is 16.5. The van der Waals surface area contributed by atoms with Gasteiger partial charge in [0.1, 0.15) is 16.8 Å². The average Bonchev–Trinajstić information content (AvgIpc) is 2.73. The van der Waals surface area contributed by atoms with Gasteiger partial charge in [-0.3, -0.25) is 10.3 Å². The van der Waals surface area contributed by atoms with Gasteiger partial charge in [-0.25, -0.2) is 14.8 Å². The number of hydrogen-bond donors (Lipinski definition) is 2. The highest BCUT2D eigenvalue weighted by molar-refractivity contribution is 5.96. The predicted molar refractivity (Wildman–Crippen MR) is 110 cm³/mol. The lowest BCUT2D eigenvalue weighted by Gasteiger charge is -2.35. The van der Waals surface area contributed by atoms with Gasteiger partial charge in [-0.05, 0) is 49.6 Å². The lowest BCUT2D eigenvalue weighted by Crippen LogP contribution is -2.46. The molecule has 0 unspecified atom stereocenters. The number of fused-ring (bicyclic) bond motifs is 1. The minimum absolute atomic E-state index is 0.251. The largest absolute Gasteiger partial charge is 0.494 e. The Balaban J connectivity index is 1.63. The standard InChI is InChI=1S/C21H23N5O3/c1-21(28)7-11-26(12-8-21)20(27)25-17-13-23-18-15(14-5-9-22-10-6-14)3-4-16(29-2)19(18)24-17/h3-6,9-10,13,28H,7-8,11-12H2,1-2H3,(H,24,25,27). The van der Waals surface area contributed by atoms with Gasteiger partial charge < -0.3 is 14.7 Å². The van der Waals surface area contributed by atoms with Crippen LogP contribution in [-0.4, -0.2) is 56.8 Å². The predicted octanol–water partition coefficient (Wildman–Crippen LogP) is 3.08. The summed E-state index contributed by atoms with van der Waals surface area (Å²) in [6.45, 7) is 2.79. The molecule has 0 radical (unpaired) electrons. The molecule has 29 heavy (non-hydrogen) atoms. The summed E-state index contributed by atoms with van der Waals surface area (Å²) in [6, 6.07) is 7.33. The number of carbonyl (C=O) groups excluding carboxylic acids is 1. The van der Waals surface area contributed by atoms with E-state index in [4.69, 9.17) is 4.74 Å². The van der Waals surface area contributed by atoms with Crippen molar-refractivity contribution in [3.63, 3.8) is 0 Å². The van der Waals surface area contributed by atoms with Crippen molar-refractivity contribution in [2.45, 2.75) is 25.4 Å². The molecular weight excluding hydrogens is 370 g/mol. The maximum absolute atomic E-state index is 12.6.